The summed E-state index contributed by atoms with van der Waals surface area (Å²) in [7, 11) is 0. The minimum Gasteiger partial charge on any atom is -0.339 e. The van der Waals surface area contributed by atoms with Crippen LogP contribution in [0.3, 0.4) is 0 Å². The van der Waals surface area contributed by atoms with Crippen LogP contribution in [0.4, 0.5) is 0 Å². The predicted molar refractivity (Wildman–Crippen MR) is 72.3 cm³/mol. The first-order valence-corrected chi connectivity index (χ1v) is 7.87. The van der Waals surface area contributed by atoms with Gasteiger partial charge in [0.05, 0.1) is 5.92 Å². The molecule has 1 aliphatic carbocycles. The Hall–Kier alpha value is -0.570. The van der Waals surface area contributed by atoms with Crippen LogP contribution in [0, 0.1) is 11.8 Å². The fraction of sp³-hybridized carbons (Fsp3) is 0.933. The van der Waals surface area contributed by atoms with E-state index in [1.54, 1.807) is 0 Å². The van der Waals surface area contributed by atoms with Gasteiger partial charge in [-0.2, -0.15) is 0 Å². The molecule has 3 rings (SSSR count). The summed E-state index contributed by atoms with van der Waals surface area (Å²) in [4.78, 5) is 14.9. The SMILES string of the molecule is O=C([C@H]1CCCNC1)N1CCCC1C1CCCC1. The molecule has 2 aliphatic heterocycles. The van der Waals surface area contributed by atoms with Gasteiger partial charge in [-0.25, -0.2) is 0 Å². The van der Waals surface area contributed by atoms with Crippen molar-refractivity contribution in [2.75, 3.05) is 19.6 Å². The summed E-state index contributed by atoms with van der Waals surface area (Å²) in [5.74, 6) is 1.53. The molecule has 18 heavy (non-hydrogen) atoms. The van der Waals surface area contributed by atoms with Crippen molar-refractivity contribution in [3.63, 3.8) is 0 Å². The third-order valence-electron chi connectivity index (χ3n) is 5.17. The Morgan fingerprint density at radius 2 is 1.83 bits per heavy atom. The van der Waals surface area contributed by atoms with Crippen LogP contribution < -0.4 is 5.32 Å². The molecule has 3 nitrogen and oxygen atoms in total. The van der Waals surface area contributed by atoms with E-state index in [4.69, 9.17) is 0 Å². The summed E-state index contributed by atoms with van der Waals surface area (Å²) in [5, 5.41) is 3.38. The van der Waals surface area contributed by atoms with Crippen LogP contribution in [0.1, 0.15) is 51.4 Å². The van der Waals surface area contributed by atoms with E-state index in [9.17, 15) is 4.79 Å². The zero-order chi connectivity index (χ0) is 12.4. The molecule has 2 heterocycles. The molecule has 0 bridgehead atoms. The summed E-state index contributed by atoms with van der Waals surface area (Å²) >= 11 is 0. The number of piperidine rings is 1. The molecule has 3 aliphatic rings. The second-order valence-corrected chi connectivity index (χ2v) is 6.33. The van der Waals surface area contributed by atoms with Crippen molar-refractivity contribution in [3.8, 4) is 0 Å². The smallest absolute Gasteiger partial charge is 0.227 e. The van der Waals surface area contributed by atoms with Crippen LogP contribution in [-0.2, 0) is 4.79 Å². The lowest BCUT2D eigenvalue weighted by Crippen LogP contribution is -2.46. The summed E-state index contributed by atoms with van der Waals surface area (Å²) in [6.07, 6.45) is 10.2. The van der Waals surface area contributed by atoms with E-state index >= 15 is 0 Å². The number of amides is 1. The minimum atomic E-state index is 0.265. The Bertz CT molecular complexity index is 293. The zero-order valence-electron chi connectivity index (χ0n) is 11.4. The lowest BCUT2D eigenvalue weighted by atomic mass is 9.93. The largest absolute Gasteiger partial charge is 0.339 e. The minimum absolute atomic E-state index is 0.265. The van der Waals surface area contributed by atoms with Crippen molar-refractivity contribution in [1.82, 2.24) is 10.2 Å². The van der Waals surface area contributed by atoms with E-state index in [0.29, 0.717) is 11.9 Å². The zero-order valence-corrected chi connectivity index (χ0v) is 11.4. The van der Waals surface area contributed by atoms with Crippen LogP contribution >= 0.6 is 0 Å². The molecule has 0 aromatic rings. The average Bonchev–Trinajstić information content (AvgIpc) is 3.09. The molecule has 3 heteroatoms. The number of nitrogens with one attached hydrogen (secondary N) is 1. The van der Waals surface area contributed by atoms with Crippen molar-refractivity contribution in [2.45, 2.75) is 57.4 Å². The molecule has 1 N–H and O–H groups in total. The topological polar surface area (TPSA) is 32.3 Å². The monoisotopic (exact) mass is 250 g/mol. The first-order chi connectivity index (χ1) is 8.86. The molecule has 0 aromatic heterocycles. The van der Waals surface area contributed by atoms with Gasteiger partial charge in [0.1, 0.15) is 0 Å². The predicted octanol–water partition coefficient (Wildman–Crippen LogP) is 2.17. The highest BCUT2D eigenvalue weighted by atomic mass is 16.2. The summed E-state index contributed by atoms with van der Waals surface area (Å²) in [5.41, 5.74) is 0. The quantitative estimate of drug-likeness (QED) is 0.814. The average molecular weight is 250 g/mol. The second-order valence-electron chi connectivity index (χ2n) is 6.33. The van der Waals surface area contributed by atoms with E-state index < -0.39 is 0 Å². The first kappa shape index (κ1) is 12.5. The van der Waals surface area contributed by atoms with E-state index in [1.165, 1.54) is 44.9 Å². The van der Waals surface area contributed by atoms with Gasteiger partial charge in [-0.3, -0.25) is 4.79 Å². The summed E-state index contributed by atoms with van der Waals surface area (Å²) in [6, 6.07) is 0.585. The Labute approximate surface area is 110 Å². The fourth-order valence-corrected chi connectivity index (χ4v) is 4.20. The number of rotatable bonds is 2. The third kappa shape index (κ3) is 2.42. The molecular weight excluding hydrogens is 224 g/mol. The van der Waals surface area contributed by atoms with Crippen LogP contribution in [0.2, 0.25) is 0 Å². The van der Waals surface area contributed by atoms with Crippen molar-refractivity contribution in [1.29, 1.82) is 0 Å². The number of likely N-dealkylation sites (tertiary alicyclic amines) is 1. The van der Waals surface area contributed by atoms with Crippen LogP contribution in [0.25, 0.3) is 0 Å². The Balaban J connectivity index is 1.63. The van der Waals surface area contributed by atoms with Gasteiger partial charge in [-0.1, -0.05) is 12.8 Å². The van der Waals surface area contributed by atoms with Gasteiger partial charge in [0.25, 0.3) is 0 Å². The normalized spacial score (nSPS) is 34.1. The van der Waals surface area contributed by atoms with Gasteiger partial charge in [0.2, 0.25) is 5.91 Å². The van der Waals surface area contributed by atoms with Gasteiger partial charge < -0.3 is 10.2 Å². The van der Waals surface area contributed by atoms with E-state index in [2.05, 4.69) is 10.2 Å². The molecule has 2 saturated heterocycles. The fourth-order valence-electron chi connectivity index (χ4n) is 4.20. The molecular formula is C15H26N2O. The van der Waals surface area contributed by atoms with Crippen LogP contribution in [0.15, 0.2) is 0 Å². The second kappa shape index (κ2) is 5.60. The van der Waals surface area contributed by atoms with Gasteiger partial charge in [0, 0.05) is 19.1 Å². The maximum Gasteiger partial charge on any atom is 0.227 e. The van der Waals surface area contributed by atoms with Crippen molar-refractivity contribution < 1.29 is 4.79 Å². The van der Waals surface area contributed by atoms with Gasteiger partial charge in [-0.15, -0.1) is 0 Å². The van der Waals surface area contributed by atoms with Crippen molar-refractivity contribution in [2.24, 2.45) is 11.8 Å². The van der Waals surface area contributed by atoms with E-state index in [-0.39, 0.29) is 5.92 Å². The standard InChI is InChI=1S/C15H26N2O/c18-15(13-7-3-9-16-11-13)17-10-4-8-14(17)12-5-1-2-6-12/h12-14,16H,1-11H2/t13-,14?/m0/s1. The van der Waals surface area contributed by atoms with Crippen LogP contribution in [-0.4, -0.2) is 36.5 Å². The number of carbonyl (C=O) groups excluding carboxylic acids is 1. The summed E-state index contributed by atoms with van der Waals surface area (Å²) < 4.78 is 0. The molecule has 0 radical (unpaired) electrons. The van der Waals surface area contributed by atoms with E-state index in [1.807, 2.05) is 0 Å². The Morgan fingerprint density at radius 1 is 1.00 bits per heavy atom. The molecule has 1 amide bonds. The molecule has 102 valence electrons. The maximum atomic E-state index is 12.7. The molecule has 2 atom stereocenters. The molecule has 0 aromatic carbocycles. The highest BCUT2D eigenvalue weighted by molar-refractivity contribution is 5.79. The highest BCUT2D eigenvalue weighted by Gasteiger charge is 2.38. The number of hydrogen-bond donors (Lipinski definition) is 1. The number of nitrogens with zero attached hydrogens (tertiary/aromatic N) is 1. The molecule has 0 spiro atoms. The van der Waals surface area contributed by atoms with Gasteiger partial charge in [-0.05, 0) is 51.0 Å². The number of hydrogen-bond acceptors (Lipinski definition) is 2. The highest BCUT2D eigenvalue weighted by Crippen LogP contribution is 2.36. The Kier molecular flexibility index (Phi) is 3.88. The third-order valence-corrected chi connectivity index (χ3v) is 5.17. The van der Waals surface area contributed by atoms with Gasteiger partial charge >= 0.3 is 0 Å². The maximum absolute atomic E-state index is 12.7. The van der Waals surface area contributed by atoms with Crippen molar-refractivity contribution >= 4 is 5.91 Å². The van der Waals surface area contributed by atoms with Gasteiger partial charge in [0.15, 0.2) is 0 Å². The molecule has 3 fully saturated rings. The Morgan fingerprint density at radius 3 is 2.56 bits per heavy atom. The summed E-state index contributed by atoms with van der Waals surface area (Å²) in [6.45, 7) is 3.03. The molecule has 1 unspecified atom stereocenters. The lowest BCUT2D eigenvalue weighted by Gasteiger charge is -2.33. The van der Waals surface area contributed by atoms with Crippen LogP contribution in [0.5, 0.6) is 0 Å². The first-order valence-electron chi connectivity index (χ1n) is 7.87. The lowest BCUT2D eigenvalue weighted by molar-refractivity contribution is -0.137. The van der Waals surface area contributed by atoms with E-state index in [0.717, 1.165) is 32.0 Å². The van der Waals surface area contributed by atoms with Crippen molar-refractivity contribution in [3.05, 3.63) is 0 Å². The number of carbonyl (C=O) groups is 1. The molecule has 1 saturated carbocycles.